The Morgan fingerprint density at radius 3 is 2.94 bits per heavy atom. The standard InChI is InChI=1S/C13H14N2O2/c1-14-8-4-6-10-9-5-2-3-7-11(9)15-12(10)13(16)17/h2-7,14-15H,8H2,1H3,(H,16,17). The Balaban J connectivity index is 2.56. The minimum atomic E-state index is -0.940. The summed E-state index contributed by atoms with van der Waals surface area (Å²) in [5, 5.41) is 13.1. The lowest BCUT2D eigenvalue weighted by molar-refractivity contribution is 0.0691. The Kier molecular flexibility index (Phi) is 3.25. The number of nitrogens with one attached hydrogen (secondary N) is 2. The number of rotatable bonds is 4. The predicted molar refractivity (Wildman–Crippen MR) is 68.2 cm³/mol. The number of carboxylic acid groups (broad SMARTS) is 1. The Morgan fingerprint density at radius 1 is 1.47 bits per heavy atom. The van der Waals surface area contributed by atoms with Crippen molar-refractivity contribution in [2.24, 2.45) is 0 Å². The molecule has 3 N–H and O–H groups in total. The number of aromatic carboxylic acids is 1. The summed E-state index contributed by atoms with van der Waals surface area (Å²) in [5.41, 5.74) is 1.80. The van der Waals surface area contributed by atoms with E-state index < -0.39 is 5.97 Å². The molecular weight excluding hydrogens is 216 g/mol. The highest BCUT2D eigenvalue weighted by Crippen LogP contribution is 2.23. The molecule has 0 saturated carbocycles. The lowest BCUT2D eigenvalue weighted by Gasteiger charge is -1.94. The highest BCUT2D eigenvalue weighted by Gasteiger charge is 2.13. The van der Waals surface area contributed by atoms with Crippen LogP contribution in [0, 0.1) is 0 Å². The molecule has 88 valence electrons. The van der Waals surface area contributed by atoms with Gasteiger partial charge >= 0.3 is 5.97 Å². The van der Waals surface area contributed by atoms with Crippen LogP contribution in [0.3, 0.4) is 0 Å². The van der Waals surface area contributed by atoms with E-state index in [-0.39, 0.29) is 5.69 Å². The van der Waals surface area contributed by atoms with Crippen LogP contribution in [-0.4, -0.2) is 29.7 Å². The maximum atomic E-state index is 11.1. The fourth-order valence-electron chi connectivity index (χ4n) is 1.80. The van der Waals surface area contributed by atoms with Crippen molar-refractivity contribution in [3.05, 3.63) is 41.6 Å². The highest BCUT2D eigenvalue weighted by molar-refractivity contribution is 6.01. The number of aromatic nitrogens is 1. The van der Waals surface area contributed by atoms with Gasteiger partial charge in [0.2, 0.25) is 0 Å². The largest absolute Gasteiger partial charge is 0.477 e. The van der Waals surface area contributed by atoms with Gasteiger partial charge in [-0.3, -0.25) is 0 Å². The normalized spacial score (nSPS) is 11.4. The molecule has 0 radical (unpaired) electrons. The second-order valence-electron chi connectivity index (χ2n) is 3.72. The molecule has 4 nitrogen and oxygen atoms in total. The van der Waals surface area contributed by atoms with E-state index in [1.807, 2.05) is 43.5 Å². The molecule has 1 heterocycles. The van der Waals surface area contributed by atoms with Crippen molar-refractivity contribution in [1.29, 1.82) is 0 Å². The first kappa shape index (κ1) is 11.4. The fourth-order valence-corrected chi connectivity index (χ4v) is 1.80. The highest BCUT2D eigenvalue weighted by atomic mass is 16.4. The van der Waals surface area contributed by atoms with Crippen LogP contribution in [-0.2, 0) is 0 Å². The number of para-hydroxylation sites is 1. The Hall–Kier alpha value is -2.07. The van der Waals surface area contributed by atoms with E-state index in [0.717, 1.165) is 16.5 Å². The van der Waals surface area contributed by atoms with E-state index in [9.17, 15) is 4.79 Å². The molecule has 2 aromatic rings. The van der Waals surface area contributed by atoms with Gasteiger partial charge in [-0.05, 0) is 13.1 Å². The average Bonchev–Trinajstić information content (AvgIpc) is 2.69. The van der Waals surface area contributed by atoms with Crippen LogP contribution >= 0.6 is 0 Å². The lowest BCUT2D eigenvalue weighted by atomic mass is 10.1. The first-order valence-electron chi connectivity index (χ1n) is 5.39. The molecular formula is C13H14N2O2. The number of H-pyrrole nitrogens is 1. The lowest BCUT2D eigenvalue weighted by Crippen LogP contribution is -2.04. The molecule has 0 unspecified atom stereocenters. The molecule has 0 aliphatic rings. The molecule has 0 fully saturated rings. The quantitative estimate of drug-likeness (QED) is 0.753. The van der Waals surface area contributed by atoms with Crippen LogP contribution in [0.5, 0.6) is 0 Å². The second-order valence-corrected chi connectivity index (χ2v) is 3.72. The molecule has 2 rings (SSSR count). The van der Waals surface area contributed by atoms with E-state index in [2.05, 4.69) is 10.3 Å². The molecule has 0 bridgehead atoms. The topological polar surface area (TPSA) is 65.1 Å². The van der Waals surface area contributed by atoms with Crippen LogP contribution in [0.4, 0.5) is 0 Å². The Bertz CT molecular complexity index is 570. The summed E-state index contributed by atoms with van der Waals surface area (Å²) in [5.74, 6) is -0.940. The van der Waals surface area contributed by atoms with Gasteiger partial charge in [-0.1, -0.05) is 30.4 Å². The summed E-state index contributed by atoms with van der Waals surface area (Å²) < 4.78 is 0. The summed E-state index contributed by atoms with van der Waals surface area (Å²) in [6, 6.07) is 7.57. The van der Waals surface area contributed by atoms with Gasteiger partial charge in [-0.15, -0.1) is 0 Å². The summed E-state index contributed by atoms with van der Waals surface area (Å²) >= 11 is 0. The number of carboxylic acids is 1. The van der Waals surface area contributed by atoms with Gasteiger partial charge < -0.3 is 15.4 Å². The monoisotopic (exact) mass is 230 g/mol. The number of likely N-dealkylation sites (N-methyl/N-ethyl adjacent to an activating group) is 1. The average molecular weight is 230 g/mol. The van der Waals surface area contributed by atoms with Crippen molar-refractivity contribution in [1.82, 2.24) is 10.3 Å². The van der Waals surface area contributed by atoms with Gasteiger partial charge in [-0.2, -0.15) is 0 Å². The molecule has 0 atom stereocenters. The Labute approximate surface area is 99.0 Å². The predicted octanol–water partition coefficient (Wildman–Crippen LogP) is 2.10. The third-order valence-electron chi connectivity index (χ3n) is 2.57. The maximum Gasteiger partial charge on any atom is 0.352 e. The van der Waals surface area contributed by atoms with Crippen LogP contribution in [0.1, 0.15) is 16.1 Å². The third kappa shape index (κ3) is 2.21. The summed E-state index contributed by atoms with van der Waals surface area (Å²) in [6.07, 6.45) is 3.74. The van der Waals surface area contributed by atoms with Crippen molar-refractivity contribution < 1.29 is 9.90 Å². The maximum absolute atomic E-state index is 11.1. The molecule has 4 heteroatoms. The van der Waals surface area contributed by atoms with Gasteiger partial charge in [0.1, 0.15) is 5.69 Å². The number of carbonyl (C=O) groups is 1. The van der Waals surface area contributed by atoms with Gasteiger partial charge in [0.05, 0.1) is 0 Å². The van der Waals surface area contributed by atoms with E-state index >= 15 is 0 Å². The SMILES string of the molecule is CNCC=Cc1c(C(=O)O)[nH]c2ccccc12. The van der Waals surface area contributed by atoms with E-state index in [0.29, 0.717) is 6.54 Å². The van der Waals surface area contributed by atoms with Crippen molar-refractivity contribution >= 4 is 22.9 Å². The van der Waals surface area contributed by atoms with Crippen molar-refractivity contribution in [2.45, 2.75) is 0 Å². The molecule has 0 spiro atoms. The van der Waals surface area contributed by atoms with Gasteiger partial charge in [0.25, 0.3) is 0 Å². The van der Waals surface area contributed by atoms with E-state index in [1.54, 1.807) is 0 Å². The van der Waals surface area contributed by atoms with Crippen LogP contribution in [0.15, 0.2) is 30.3 Å². The molecule has 1 aromatic carbocycles. The van der Waals surface area contributed by atoms with E-state index in [4.69, 9.17) is 5.11 Å². The minimum Gasteiger partial charge on any atom is -0.477 e. The van der Waals surface area contributed by atoms with Gasteiger partial charge in [0.15, 0.2) is 0 Å². The molecule has 17 heavy (non-hydrogen) atoms. The molecule has 0 amide bonds. The zero-order chi connectivity index (χ0) is 12.3. The van der Waals surface area contributed by atoms with E-state index in [1.165, 1.54) is 0 Å². The summed E-state index contributed by atoms with van der Waals surface area (Å²) in [7, 11) is 1.84. The summed E-state index contributed by atoms with van der Waals surface area (Å²) in [4.78, 5) is 14.1. The molecule has 1 aromatic heterocycles. The van der Waals surface area contributed by atoms with Crippen molar-refractivity contribution in [2.75, 3.05) is 13.6 Å². The van der Waals surface area contributed by atoms with Crippen molar-refractivity contribution in [3.63, 3.8) is 0 Å². The molecule has 0 aliphatic carbocycles. The third-order valence-corrected chi connectivity index (χ3v) is 2.57. The number of hydrogen-bond acceptors (Lipinski definition) is 2. The number of hydrogen-bond donors (Lipinski definition) is 3. The minimum absolute atomic E-state index is 0.235. The zero-order valence-electron chi connectivity index (χ0n) is 9.53. The number of fused-ring (bicyclic) bond motifs is 1. The van der Waals surface area contributed by atoms with Crippen LogP contribution < -0.4 is 5.32 Å². The molecule has 0 saturated heterocycles. The fraction of sp³-hybridized carbons (Fsp3) is 0.154. The smallest absolute Gasteiger partial charge is 0.352 e. The van der Waals surface area contributed by atoms with Crippen LogP contribution in [0.25, 0.3) is 17.0 Å². The van der Waals surface area contributed by atoms with Crippen molar-refractivity contribution in [3.8, 4) is 0 Å². The second kappa shape index (κ2) is 4.84. The van der Waals surface area contributed by atoms with Gasteiger partial charge in [0, 0.05) is 23.0 Å². The summed E-state index contributed by atoms with van der Waals surface area (Å²) in [6.45, 7) is 0.707. The number of benzene rings is 1. The van der Waals surface area contributed by atoms with Gasteiger partial charge in [-0.25, -0.2) is 4.79 Å². The first-order chi connectivity index (χ1) is 8.24. The first-order valence-corrected chi connectivity index (χ1v) is 5.39. The van der Waals surface area contributed by atoms with Crippen LogP contribution in [0.2, 0.25) is 0 Å². The Morgan fingerprint density at radius 2 is 2.24 bits per heavy atom. The number of aromatic amines is 1. The molecule has 0 aliphatic heterocycles. The zero-order valence-corrected chi connectivity index (χ0v) is 9.53.